The Morgan fingerprint density at radius 1 is 1.53 bits per heavy atom. The molecule has 0 spiro atoms. The van der Waals surface area contributed by atoms with E-state index in [1.54, 1.807) is 0 Å². The normalized spacial score (nSPS) is 14.5. The van der Waals surface area contributed by atoms with E-state index in [0.717, 1.165) is 23.5 Å². The molecule has 0 saturated heterocycles. The molecule has 1 aromatic carbocycles. The number of alkyl halides is 1. The Balaban J connectivity index is 2.00. The number of rotatable bonds is 4. The van der Waals surface area contributed by atoms with E-state index in [1.807, 2.05) is 25.1 Å². The number of benzene rings is 1. The van der Waals surface area contributed by atoms with Crippen molar-refractivity contribution in [2.24, 2.45) is 0 Å². The molecule has 0 bridgehead atoms. The summed E-state index contributed by atoms with van der Waals surface area (Å²) < 4.78 is 10.6. The number of ether oxygens (including phenoxy) is 2. The van der Waals surface area contributed by atoms with Crippen LogP contribution in [0.15, 0.2) is 18.2 Å². The number of fused-ring (bicyclic) bond motifs is 1. The molecule has 1 N–H and O–H groups in total. The number of halogens is 1. The summed E-state index contributed by atoms with van der Waals surface area (Å²) in [5.74, 6) is 1.46. The van der Waals surface area contributed by atoms with Crippen LogP contribution in [0, 0.1) is 0 Å². The standard InChI is InChI=1S/C12H14BrNO3/c1-2-9(13)12(15)14-6-8-4-3-5-10-11(8)17-7-16-10/h3-5,9H,2,6-7H2,1H3,(H,14,15). The maximum absolute atomic E-state index is 11.6. The molecule has 0 aliphatic carbocycles. The second-order valence-corrected chi connectivity index (χ2v) is 4.85. The summed E-state index contributed by atoms with van der Waals surface area (Å²) in [6, 6.07) is 5.66. The van der Waals surface area contributed by atoms with E-state index >= 15 is 0 Å². The number of hydrogen-bond acceptors (Lipinski definition) is 3. The lowest BCUT2D eigenvalue weighted by Gasteiger charge is -2.10. The molecule has 1 unspecified atom stereocenters. The number of hydrogen-bond donors (Lipinski definition) is 1. The van der Waals surface area contributed by atoms with Gasteiger partial charge < -0.3 is 14.8 Å². The molecule has 1 aromatic rings. The van der Waals surface area contributed by atoms with Crippen LogP contribution in [0.4, 0.5) is 0 Å². The lowest BCUT2D eigenvalue weighted by atomic mass is 10.2. The van der Waals surface area contributed by atoms with Crippen molar-refractivity contribution in [3.63, 3.8) is 0 Å². The zero-order valence-electron chi connectivity index (χ0n) is 9.53. The Kier molecular flexibility index (Phi) is 3.89. The van der Waals surface area contributed by atoms with Crippen molar-refractivity contribution in [2.45, 2.75) is 24.7 Å². The fraction of sp³-hybridized carbons (Fsp3) is 0.417. The van der Waals surface area contributed by atoms with Gasteiger partial charge in [-0.2, -0.15) is 0 Å². The van der Waals surface area contributed by atoms with Crippen LogP contribution >= 0.6 is 15.9 Å². The monoisotopic (exact) mass is 299 g/mol. The van der Waals surface area contributed by atoms with Crippen LogP contribution < -0.4 is 14.8 Å². The summed E-state index contributed by atoms with van der Waals surface area (Å²) in [7, 11) is 0. The minimum atomic E-state index is -0.142. The minimum Gasteiger partial charge on any atom is -0.454 e. The van der Waals surface area contributed by atoms with E-state index < -0.39 is 0 Å². The van der Waals surface area contributed by atoms with Gasteiger partial charge in [-0.1, -0.05) is 35.0 Å². The Morgan fingerprint density at radius 2 is 2.35 bits per heavy atom. The highest BCUT2D eigenvalue weighted by Gasteiger charge is 2.18. The topological polar surface area (TPSA) is 47.6 Å². The first-order valence-corrected chi connectivity index (χ1v) is 6.43. The lowest BCUT2D eigenvalue weighted by Crippen LogP contribution is -2.30. The molecule has 17 heavy (non-hydrogen) atoms. The van der Waals surface area contributed by atoms with Crippen molar-refractivity contribution in [3.05, 3.63) is 23.8 Å². The van der Waals surface area contributed by atoms with Gasteiger partial charge in [0.25, 0.3) is 0 Å². The third-order valence-electron chi connectivity index (χ3n) is 2.57. The highest BCUT2D eigenvalue weighted by molar-refractivity contribution is 9.10. The molecule has 1 aliphatic heterocycles. The molecule has 1 amide bonds. The Bertz CT molecular complexity index is 422. The van der Waals surface area contributed by atoms with E-state index in [1.165, 1.54) is 0 Å². The molecule has 2 rings (SSSR count). The van der Waals surface area contributed by atoms with Gasteiger partial charge in [-0.15, -0.1) is 0 Å². The maximum Gasteiger partial charge on any atom is 0.234 e. The Morgan fingerprint density at radius 3 is 3.12 bits per heavy atom. The summed E-state index contributed by atoms with van der Waals surface area (Å²) >= 11 is 3.31. The van der Waals surface area contributed by atoms with Gasteiger partial charge in [0.15, 0.2) is 11.5 Å². The van der Waals surface area contributed by atoms with Crippen molar-refractivity contribution in [3.8, 4) is 11.5 Å². The molecule has 4 nitrogen and oxygen atoms in total. The summed E-state index contributed by atoms with van der Waals surface area (Å²) in [6.07, 6.45) is 0.762. The number of para-hydroxylation sites is 1. The fourth-order valence-corrected chi connectivity index (χ4v) is 1.77. The molecule has 1 heterocycles. The zero-order chi connectivity index (χ0) is 12.3. The van der Waals surface area contributed by atoms with E-state index in [9.17, 15) is 4.79 Å². The number of nitrogens with one attached hydrogen (secondary N) is 1. The smallest absolute Gasteiger partial charge is 0.234 e. The van der Waals surface area contributed by atoms with Crippen LogP contribution in [-0.4, -0.2) is 17.5 Å². The van der Waals surface area contributed by atoms with E-state index in [2.05, 4.69) is 21.2 Å². The van der Waals surface area contributed by atoms with Crippen molar-refractivity contribution < 1.29 is 14.3 Å². The van der Waals surface area contributed by atoms with Crippen LogP contribution in [0.2, 0.25) is 0 Å². The molecule has 0 radical (unpaired) electrons. The molecular weight excluding hydrogens is 286 g/mol. The van der Waals surface area contributed by atoms with E-state index in [4.69, 9.17) is 9.47 Å². The first kappa shape index (κ1) is 12.2. The molecule has 0 aromatic heterocycles. The molecular formula is C12H14BrNO3. The van der Waals surface area contributed by atoms with E-state index in [0.29, 0.717) is 6.54 Å². The lowest BCUT2D eigenvalue weighted by molar-refractivity contribution is -0.120. The van der Waals surface area contributed by atoms with Gasteiger partial charge in [-0.25, -0.2) is 0 Å². The van der Waals surface area contributed by atoms with Crippen molar-refractivity contribution in [1.82, 2.24) is 5.32 Å². The van der Waals surface area contributed by atoms with Gasteiger partial charge in [-0.05, 0) is 12.5 Å². The van der Waals surface area contributed by atoms with Gasteiger partial charge >= 0.3 is 0 Å². The van der Waals surface area contributed by atoms with Crippen molar-refractivity contribution in [2.75, 3.05) is 6.79 Å². The first-order valence-electron chi connectivity index (χ1n) is 5.51. The van der Waals surface area contributed by atoms with Gasteiger partial charge in [0.2, 0.25) is 12.7 Å². The predicted molar refractivity (Wildman–Crippen MR) is 67.4 cm³/mol. The van der Waals surface area contributed by atoms with Gasteiger partial charge in [-0.3, -0.25) is 4.79 Å². The maximum atomic E-state index is 11.6. The number of carbonyl (C=O) groups is 1. The first-order chi connectivity index (χ1) is 8.22. The second kappa shape index (κ2) is 5.40. The second-order valence-electron chi connectivity index (χ2n) is 3.74. The van der Waals surface area contributed by atoms with Gasteiger partial charge in [0.1, 0.15) is 0 Å². The molecule has 0 fully saturated rings. The number of carbonyl (C=O) groups excluding carboxylic acids is 1. The molecule has 1 atom stereocenters. The largest absolute Gasteiger partial charge is 0.454 e. The molecule has 0 saturated carbocycles. The fourth-order valence-electron chi connectivity index (χ4n) is 1.61. The summed E-state index contributed by atoms with van der Waals surface area (Å²) in [5.41, 5.74) is 0.934. The zero-order valence-corrected chi connectivity index (χ0v) is 11.1. The van der Waals surface area contributed by atoms with Gasteiger partial charge in [0, 0.05) is 12.1 Å². The van der Waals surface area contributed by atoms with Crippen LogP contribution in [0.3, 0.4) is 0 Å². The van der Waals surface area contributed by atoms with E-state index in [-0.39, 0.29) is 17.5 Å². The molecule has 92 valence electrons. The molecule has 5 heteroatoms. The van der Waals surface area contributed by atoms with Crippen LogP contribution in [0.1, 0.15) is 18.9 Å². The Hall–Kier alpha value is -1.23. The summed E-state index contributed by atoms with van der Waals surface area (Å²) in [6.45, 7) is 2.65. The highest BCUT2D eigenvalue weighted by Crippen LogP contribution is 2.35. The average molecular weight is 300 g/mol. The Labute approximate surface area is 108 Å². The number of amides is 1. The van der Waals surface area contributed by atoms with Crippen LogP contribution in [0.25, 0.3) is 0 Å². The third-order valence-corrected chi connectivity index (χ3v) is 3.64. The quantitative estimate of drug-likeness (QED) is 0.867. The van der Waals surface area contributed by atoms with Crippen LogP contribution in [0.5, 0.6) is 11.5 Å². The molecule has 1 aliphatic rings. The average Bonchev–Trinajstić information content (AvgIpc) is 2.83. The minimum absolute atomic E-state index is 0.0102. The van der Waals surface area contributed by atoms with Gasteiger partial charge in [0.05, 0.1) is 4.83 Å². The summed E-state index contributed by atoms with van der Waals surface area (Å²) in [5, 5.41) is 2.86. The SMILES string of the molecule is CCC(Br)C(=O)NCc1cccc2c1OCO2. The summed E-state index contributed by atoms with van der Waals surface area (Å²) in [4.78, 5) is 11.5. The van der Waals surface area contributed by atoms with Crippen molar-refractivity contribution in [1.29, 1.82) is 0 Å². The third kappa shape index (κ3) is 2.72. The highest BCUT2D eigenvalue weighted by atomic mass is 79.9. The predicted octanol–water partition coefficient (Wildman–Crippen LogP) is 2.21. The van der Waals surface area contributed by atoms with Crippen molar-refractivity contribution >= 4 is 21.8 Å². The van der Waals surface area contributed by atoms with Crippen LogP contribution in [-0.2, 0) is 11.3 Å².